The summed E-state index contributed by atoms with van der Waals surface area (Å²) in [5, 5.41) is 0. The molecule has 64 valence electrons. The molecule has 1 aromatic rings. The van der Waals surface area contributed by atoms with E-state index in [1.165, 1.54) is 24.0 Å². The molecule has 0 spiro atoms. The van der Waals surface area contributed by atoms with Gasteiger partial charge in [0.1, 0.15) is 0 Å². The van der Waals surface area contributed by atoms with Crippen molar-refractivity contribution in [2.75, 3.05) is 0 Å². The van der Waals surface area contributed by atoms with E-state index in [-0.39, 0.29) is 0 Å². The summed E-state index contributed by atoms with van der Waals surface area (Å²) in [4.78, 5) is 0. The summed E-state index contributed by atoms with van der Waals surface area (Å²) in [6.07, 6.45) is 7.34. The number of fused-ring (bicyclic) bond motifs is 1. The van der Waals surface area contributed by atoms with Crippen molar-refractivity contribution in [1.29, 1.82) is 0 Å². The van der Waals surface area contributed by atoms with Crippen molar-refractivity contribution in [3.05, 3.63) is 53.6 Å². The first-order chi connectivity index (χ1) is 6.43. The van der Waals surface area contributed by atoms with Gasteiger partial charge < -0.3 is 0 Å². The van der Waals surface area contributed by atoms with Gasteiger partial charge >= 0.3 is 0 Å². The van der Waals surface area contributed by atoms with Gasteiger partial charge in [-0.2, -0.15) is 0 Å². The zero-order chi connectivity index (χ0) is 8.67. The van der Waals surface area contributed by atoms with Gasteiger partial charge in [0.15, 0.2) is 0 Å². The van der Waals surface area contributed by atoms with Crippen LogP contribution in [-0.2, 0) is 0 Å². The van der Waals surface area contributed by atoms with Crippen molar-refractivity contribution in [2.24, 2.45) is 5.92 Å². The van der Waals surface area contributed by atoms with Crippen LogP contribution in [0.15, 0.2) is 48.1 Å². The highest BCUT2D eigenvalue weighted by Crippen LogP contribution is 2.46. The fourth-order valence-electron chi connectivity index (χ4n) is 2.00. The van der Waals surface area contributed by atoms with Crippen LogP contribution in [0.1, 0.15) is 18.4 Å². The van der Waals surface area contributed by atoms with E-state index in [1.807, 2.05) is 0 Å². The van der Waals surface area contributed by atoms with Gasteiger partial charge in [-0.25, -0.2) is 0 Å². The van der Waals surface area contributed by atoms with E-state index in [9.17, 15) is 0 Å². The zero-order valence-electron chi connectivity index (χ0n) is 7.53. The van der Waals surface area contributed by atoms with E-state index < -0.39 is 0 Å². The molecule has 1 aromatic carbocycles. The van der Waals surface area contributed by atoms with Crippen LogP contribution >= 0.6 is 0 Å². The highest BCUT2D eigenvalue weighted by molar-refractivity contribution is 5.77. The van der Waals surface area contributed by atoms with Gasteiger partial charge in [0, 0.05) is 0 Å². The highest BCUT2D eigenvalue weighted by atomic mass is 14.3. The minimum atomic E-state index is 0.910. The summed E-state index contributed by atoms with van der Waals surface area (Å²) in [5.41, 5.74) is 4.44. The largest absolute Gasteiger partial charge is 0.0761 e. The topological polar surface area (TPSA) is 0 Å². The van der Waals surface area contributed by atoms with Gasteiger partial charge in [-0.3, -0.25) is 0 Å². The van der Waals surface area contributed by atoms with Crippen LogP contribution in [0.4, 0.5) is 0 Å². The molecule has 1 atom stereocenters. The Morgan fingerprint density at radius 1 is 1.08 bits per heavy atom. The molecule has 1 unspecified atom stereocenters. The van der Waals surface area contributed by atoms with Crippen molar-refractivity contribution in [2.45, 2.75) is 12.8 Å². The number of benzene rings is 1. The van der Waals surface area contributed by atoms with Gasteiger partial charge in [0.05, 0.1) is 0 Å². The van der Waals surface area contributed by atoms with Crippen molar-refractivity contribution >= 4 is 5.57 Å². The van der Waals surface area contributed by atoms with Crippen molar-refractivity contribution in [1.82, 2.24) is 0 Å². The smallest absolute Gasteiger partial charge is 0.0127 e. The molecule has 2 aliphatic rings. The lowest BCUT2D eigenvalue weighted by atomic mass is 10.00. The Morgan fingerprint density at radius 2 is 1.92 bits per heavy atom. The molecule has 13 heavy (non-hydrogen) atoms. The Labute approximate surface area is 78.6 Å². The molecule has 1 saturated carbocycles. The first kappa shape index (κ1) is 7.14. The molecule has 0 aliphatic heterocycles. The normalized spacial score (nSPS) is 24.5. The number of allylic oxidation sites excluding steroid dienone is 4. The number of rotatable bonds is 1. The Bertz CT molecular complexity index is 382. The van der Waals surface area contributed by atoms with Gasteiger partial charge in [0.25, 0.3) is 0 Å². The van der Waals surface area contributed by atoms with Gasteiger partial charge in [0.2, 0.25) is 0 Å². The summed E-state index contributed by atoms with van der Waals surface area (Å²) >= 11 is 0. The fraction of sp³-hybridized carbons (Fsp3) is 0.231. The van der Waals surface area contributed by atoms with E-state index in [2.05, 4.69) is 42.5 Å². The second-order valence-corrected chi connectivity index (χ2v) is 3.88. The van der Waals surface area contributed by atoms with Crippen LogP contribution in [0, 0.1) is 5.92 Å². The molecular weight excluding hydrogens is 156 g/mol. The molecule has 0 bridgehead atoms. The second-order valence-electron chi connectivity index (χ2n) is 3.88. The zero-order valence-corrected chi connectivity index (χ0v) is 7.53. The predicted octanol–water partition coefficient (Wildman–Crippen LogP) is 3.42. The summed E-state index contributed by atoms with van der Waals surface area (Å²) < 4.78 is 0. The van der Waals surface area contributed by atoms with Crippen LogP contribution in [0.2, 0.25) is 0 Å². The second kappa shape index (κ2) is 2.59. The fourth-order valence-corrected chi connectivity index (χ4v) is 2.00. The van der Waals surface area contributed by atoms with E-state index in [0.717, 1.165) is 5.92 Å². The molecule has 0 N–H and O–H groups in total. The summed E-state index contributed by atoms with van der Waals surface area (Å²) in [6, 6.07) is 10.7. The third-order valence-corrected chi connectivity index (χ3v) is 2.92. The molecule has 2 aliphatic carbocycles. The molecular formula is C13H12. The number of hydrogen-bond acceptors (Lipinski definition) is 0. The van der Waals surface area contributed by atoms with Crippen LogP contribution in [-0.4, -0.2) is 0 Å². The van der Waals surface area contributed by atoms with Crippen molar-refractivity contribution in [3.63, 3.8) is 0 Å². The lowest BCUT2D eigenvalue weighted by Gasteiger charge is -2.05. The SMILES string of the molecule is C1=C(c2ccccc2)C=C2CC2C1. The molecule has 0 saturated heterocycles. The molecule has 3 rings (SSSR count). The Kier molecular flexibility index (Phi) is 1.42. The Balaban J connectivity index is 1.98. The van der Waals surface area contributed by atoms with Crippen LogP contribution in [0.25, 0.3) is 5.57 Å². The van der Waals surface area contributed by atoms with Gasteiger partial charge in [-0.1, -0.05) is 48.1 Å². The minimum absolute atomic E-state index is 0.910. The third-order valence-electron chi connectivity index (χ3n) is 2.92. The van der Waals surface area contributed by atoms with E-state index in [0.29, 0.717) is 0 Å². The van der Waals surface area contributed by atoms with E-state index in [1.54, 1.807) is 5.57 Å². The first-order valence-electron chi connectivity index (χ1n) is 4.89. The summed E-state index contributed by atoms with van der Waals surface area (Å²) in [6.45, 7) is 0. The molecule has 0 amide bonds. The average Bonchev–Trinajstić information content (AvgIpc) is 2.96. The Hall–Kier alpha value is -1.30. The molecule has 0 heterocycles. The van der Waals surface area contributed by atoms with Crippen LogP contribution < -0.4 is 0 Å². The predicted molar refractivity (Wildman–Crippen MR) is 55.2 cm³/mol. The molecule has 0 heteroatoms. The van der Waals surface area contributed by atoms with Crippen molar-refractivity contribution < 1.29 is 0 Å². The maximum atomic E-state index is 2.37. The molecule has 0 aromatic heterocycles. The lowest BCUT2D eigenvalue weighted by molar-refractivity contribution is 0.890. The Morgan fingerprint density at radius 3 is 2.69 bits per heavy atom. The standard InChI is InChI=1S/C13H12/c1-2-4-10(5-3-1)11-6-7-12-9-13(12)8-11/h1-6,8,12H,7,9H2. The van der Waals surface area contributed by atoms with E-state index >= 15 is 0 Å². The summed E-state index contributed by atoms with van der Waals surface area (Å²) in [7, 11) is 0. The van der Waals surface area contributed by atoms with Gasteiger partial charge in [-0.05, 0) is 29.9 Å². The molecule has 1 fully saturated rings. The minimum Gasteiger partial charge on any atom is -0.0761 e. The summed E-state index contributed by atoms with van der Waals surface area (Å²) in [5.74, 6) is 0.910. The van der Waals surface area contributed by atoms with Crippen LogP contribution in [0.5, 0.6) is 0 Å². The highest BCUT2D eigenvalue weighted by Gasteiger charge is 2.30. The van der Waals surface area contributed by atoms with Crippen LogP contribution in [0.3, 0.4) is 0 Å². The number of hydrogen-bond donors (Lipinski definition) is 0. The lowest BCUT2D eigenvalue weighted by Crippen LogP contribution is -1.85. The average molecular weight is 168 g/mol. The maximum absolute atomic E-state index is 2.37. The van der Waals surface area contributed by atoms with Crippen molar-refractivity contribution in [3.8, 4) is 0 Å². The molecule has 0 radical (unpaired) electrons. The maximum Gasteiger partial charge on any atom is -0.0127 e. The third kappa shape index (κ3) is 1.23. The first-order valence-corrected chi connectivity index (χ1v) is 4.89. The monoisotopic (exact) mass is 168 g/mol. The molecule has 0 nitrogen and oxygen atoms in total. The quantitative estimate of drug-likeness (QED) is 0.602. The van der Waals surface area contributed by atoms with E-state index in [4.69, 9.17) is 0 Å². The van der Waals surface area contributed by atoms with Gasteiger partial charge in [-0.15, -0.1) is 0 Å².